The Labute approximate surface area is 121 Å². The number of imidazole rings is 1. The van der Waals surface area contributed by atoms with Gasteiger partial charge in [0.25, 0.3) is 0 Å². The van der Waals surface area contributed by atoms with Gasteiger partial charge >= 0.3 is 5.97 Å². The van der Waals surface area contributed by atoms with Crippen LogP contribution >= 0.6 is 0 Å². The Morgan fingerprint density at radius 1 is 1.29 bits per heavy atom. The molecule has 0 spiro atoms. The third-order valence-corrected chi connectivity index (χ3v) is 3.50. The summed E-state index contributed by atoms with van der Waals surface area (Å²) in [6, 6.07) is 5.17. The number of rotatable bonds is 4. The fourth-order valence-corrected chi connectivity index (χ4v) is 2.54. The minimum Gasteiger partial charge on any atom is -0.478 e. The van der Waals surface area contributed by atoms with Gasteiger partial charge in [-0.25, -0.2) is 9.78 Å². The summed E-state index contributed by atoms with van der Waals surface area (Å²) in [4.78, 5) is 15.8. The molecule has 0 fully saturated rings. The maximum absolute atomic E-state index is 11.4. The van der Waals surface area contributed by atoms with Gasteiger partial charge in [-0.2, -0.15) is 5.10 Å². The molecule has 3 rings (SSSR count). The average Bonchev–Trinajstić information content (AvgIpc) is 2.98. The lowest BCUT2D eigenvalue weighted by Crippen LogP contribution is -2.11. The third kappa shape index (κ3) is 2.40. The summed E-state index contributed by atoms with van der Waals surface area (Å²) in [5, 5.41) is 13.6. The number of para-hydroxylation sites is 1. The number of carbonyl (C=O) groups is 1. The van der Waals surface area contributed by atoms with Crippen LogP contribution in [0.25, 0.3) is 11.0 Å². The quantitative estimate of drug-likeness (QED) is 0.797. The van der Waals surface area contributed by atoms with Gasteiger partial charge in [0.2, 0.25) is 0 Å². The van der Waals surface area contributed by atoms with E-state index < -0.39 is 5.97 Å². The molecule has 0 unspecified atom stereocenters. The summed E-state index contributed by atoms with van der Waals surface area (Å²) in [5.41, 5.74) is 2.77. The first-order valence-electron chi connectivity index (χ1n) is 6.74. The standard InChI is InChI=1S/C15H16N4O2/c1-10-8-16-18(9-10)6-7-19-11(2)17-13-5-3-4-12(14(13)19)15(20)21/h3-5,8-9H,6-7H2,1-2H3,(H,20,21). The molecule has 3 aromatic rings. The average molecular weight is 284 g/mol. The number of benzene rings is 1. The minimum absolute atomic E-state index is 0.282. The predicted molar refractivity (Wildman–Crippen MR) is 78.4 cm³/mol. The zero-order valence-corrected chi connectivity index (χ0v) is 11.9. The Morgan fingerprint density at radius 2 is 2.10 bits per heavy atom. The largest absolute Gasteiger partial charge is 0.478 e. The molecule has 0 bridgehead atoms. The number of fused-ring (bicyclic) bond motifs is 1. The monoisotopic (exact) mass is 284 g/mol. The van der Waals surface area contributed by atoms with Crippen LogP contribution in [-0.2, 0) is 13.1 Å². The van der Waals surface area contributed by atoms with Crippen molar-refractivity contribution in [2.75, 3.05) is 0 Å². The summed E-state index contributed by atoms with van der Waals surface area (Å²) in [6.45, 7) is 5.19. The van der Waals surface area contributed by atoms with E-state index in [1.165, 1.54) is 0 Å². The van der Waals surface area contributed by atoms with E-state index in [9.17, 15) is 9.90 Å². The highest BCUT2D eigenvalue weighted by atomic mass is 16.4. The van der Waals surface area contributed by atoms with Gasteiger partial charge in [0.05, 0.1) is 29.3 Å². The molecular formula is C15H16N4O2. The first-order chi connectivity index (χ1) is 10.1. The lowest BCUT2D eigenvalue weighted by Gasteiger charge is -2.08. The zero-order chi connectivity index (χ0) is 15.0. The molecule has 0 saturated heterocycles. The van der Waals surface area contributed by atoms with E-state index in [0.29, 0.717) is 24.1 Å². The summed E-state index contributed by atoms with van der Waals surface area (Å²) >= 11 is 0. The zero-order valence-electron chi connectivity index (χ0n) is 11.9. The molecule has 1 N–H and O–H groups in total. The van der Waals surface area contributed by atoms with Gasteiger partial charge in [-0.15, -0.1) is 0 Å². The Bertz CT molecular complexity index is 816. The Hall–Kier alpha value is -2.63. The molecule has 0 amide bonds. The molecule has 2 heterocycles. The highest BCUT2D eigenvalue weighted by Crippen LogP contribution is 2.20. The lowest BCUT2D eigenvalue weighted by atomic mass is 10.2. The van der Waals surface area contributed by atoms with Crippen LogP contribution < -0.4 is 0 Å². The second-order valence-corrected chi connectivity index (χ2v) is 5.07. The molecule has 0 radical (unpaired) electrons. The van der Waals surface area contributed by atoms with E-state index in [1.807, 2.05) is 41.6 Å². The summed E-state index contributed by atoms with van der Waals surface area (Å²) in [7, 11) is 0. The van der Waals surface area contributed by atoms with Crippen LogP contribution in [0.2, 0.25) is 0 Å². The first kappa shape index (κ1) is 13.4. The maximum atomic E-state index is 11.4. The van der Waals surface area contributed by atoms with Gasteiger partial charge in [-0.3, -0.25) is 4.68 Å². The van der Waals surface area contributed by atoms with E-state index in [1.54, 1.807) is 12.1 Å². The molecule has 108 valence electrons. The SMILES string of the molecule is Cc1cnn(CCn2c(C)nc3cccc(C(=O)O)c32)c1. The van der Waals surface area contributed by atoms with E-state index in [0.717, 1.165) is 11.4 Å². The second-order valence-electron chi connectivity index (χ2n) is 5.07. The van der Waals surface area contributed by atoms with Crippen LogP contribution in [0, 0.1) is 13.8 Å². The van der Waals surface area contributed by atoms with Crippen molar-refractivity contribution in [3.05, 3.63) is 47.5 Å². The highest BCUT2D eigenvalue weighted by molar-refractivity contribution is 6.01. The number of aromatic carboxylic acids is 1. The van der Waals surface area contributed by atoms with Crippen LogP contribution in [-0.4, -0.2) is 30.4 Å². The molecule has 6 heteroatoms. The van der Waals surface area contributed by atoms with Crippen molar-refractivity contribution < 1.29 is 9.90 Å². The van der Waals surface area contributed by atoms with E-state index in [-0.39, 0.29) is 5.56 Å². The van der Waals surface area contributed by atoms with E-state index in [2.05, 4.69) is 10.1 Å². The minimum atomic E-state index is -0.934. The number of carboxylic acid groups (broad SMARTS) is 1. The molecule has 0 atom stereocenters. The number of hydrogen-bond acceptors (Lipinski definition) is 3. The molecule has 2 aromatic heterocycles. The van der Waals surface area contributed by atoms with E-state index >= 15 is 0 Å². The molecular weight excluding hydrogens is 268 g/mol. The van der Waals surface area contributed by atoms with Crippen molar-refractivity contribution in [2.45, 2.75) is 26.9 Å². The molecule has 1 aromatic carbocycles. The number of carboxylic acids is 1. The topological polar surface area (TPSA) is 72.9 Å². The molecule has 0 saturated carbocycles. The number of hydrogen-bond donors (Lipinski definition) is 1. The van der Waals surface area contributed by atoms with Crippen molar-refractivity contribution in [2.24, 2.45) is 0 Å². The van der Waals surface area contributed by atoms with Crippen molar-refractivity contribution >= 4 is 17.0 Å². The van der Waals surface area contributed by atoms with Crippen molar-refractivity contribution in [3.63, 3.8) is 0 Å². The summed E-state index contributed by atoms with van der Waals surface area (Å²) < 4.78 is 3.79. The highest BCUT2D eigenvalue weighted by Gasteiger charge is 2.15. The number of aryl methyl sites for hydroxylation is 4. The van der Waals surface area contributed by atoms with Gasteiger partial charge in [-0.05, 0) is 31.5 Å². The second kappa shape index (κ2) is 5.05. The molecule has 0 aliphatic rings. The predicted octanol–water partition coefficient (Wildman–Crippen LogP) is 2.25. The van der Waals surface area contributed by atoms with Crippen molar-refractivity contribution in [1.82, 2.24) is 19.3 Å². The smallest absolute Gasteiger partial charge is 0.337 e. The van der Waals surface area contributed by atoms with Crippen LogP contribution in [0.3, 0.4) is 0 Å². The van der Waals surface area contributed by atoms with Crippen LogP contribution in [0.1, 0.15) is 21.7 Å². The lowest BCUT2D eigenvalue weighted by molar-refractivity contribution is 0.0698. The van der Waals surface area contributed by atoms with Gasteiger partial charge in [0, 0.05) is 12.7 Å². The van der Waals surface area contributed by atoms with Crippen molar-refractivity contribution in [3.8, 4) is 0 Å². The van der Waals surface area contributed by atoms with Crippen LogP contribution in [0.15, 0.2) is 30.6 Å². The van der Waals surface area contributed by atoms with Crippen LogP contribution in [0.5, 0.6) is 0 Å². The van der Waals surface area contributed by atoms with Gasteiger partial charge in [0.15, 0.2) is 0 Å². The summed E-state index contributed by atoms with van der Waals surface area (Å²) in [6.07, 6.45) is 3.77. The Morgan fingerprint density at radius 3 is 2.76 bits per heavy atom. The Balaban J connectivity index is 2.01. The fraction of sp³-hybridized carbons (Fsp3) is 0.267. The van der Waals surface area contributed by atoms with E-state index in [4.69, 9.17) is 0 Å². The van der Waals surface area contributed by atoms with Crippen molar-refractivity contribution in [1.29, 1.82) is 0 Å². The third-order valence-electron chi connectivity index (χ3n) is 3.50. The fourth-order valence-electron chi connectivity index (χ4n) is 2.54. The van der Waals surface area contributed by atoms with Crippen LogP contribution in [0.4, 0.5) is 0 Å². The summed E-state index contributed by atoms with van der Waals surface area (Å²) in [5.74, 6) is -0.126. The van der Waals surface area contributed by atoms with Gasteiger partial charge in [-0.1, -0.05) is 6.07 Å². The normalized spacial score (nSPS) is 11.1. The molecule has 0 aliphatic carbocycles. The first-order valence-corrected chi connectivity index (χ1v) is 6.74. The van der Waals surface area contributed by atoms with Gasteiger partial charge < -0.3 is 9.67 Å². The number of aromatic nitrogens is 4. The molecule has 0 aliphatic heterocycles. The maximum Gasteiger partial charge on any atom is 0.337 e. The van der Waals surface area contributed by atoms with Gasteiger partial charge in [0.1, 0.15) is 5.82 Å². The molecule has 6 nitrogen and oxygen atoms in total. The Kier molecular flexibility index (Phi) is 3.21. The number of nitrogens with zero attached hydrogens (tertiary/aromatic N) is 4. The molecule has 21 heavy (non-hydrogen) atoms.